The lowest BCUT2D eigenvalue weighted by molar-refractivity contribution is 0.0766. The highest BCUT2D eigenvalue weighted by Gasteiger charge is 2.27. The van der Waals surface area contributed by atoms with Crippen LogP contribution in [0, 0.1) is 0 Å². The zero-order valence-electron chi connectivity index (χ0n) is 11.8. The summed E-state index contributed by atoms with van der Waals surface area (Å²) in [6.45, 7) is 0.996. The van der Waals surface area contributed by atoms with Crippen molar-refractivity contribution in [3.8, 4) is 10.7 Å². The van der Waals surface area contributed by atoms with Crippen molar-refractivity contribution in [2.24, 2.45) is 0 Å². The van der Waals surface area contributed by atoms with Crippen molar-refractivity contribution in [2.75, 3.05) is 13.1 Å². The van der Waals surface area contributed by atoms with E-state index in [-0.39, 0.29) is 5.91 Å². The van der Waals surface area contributed by atoms with E-state index in [1.165, 1.54) is 0 Å². The molecule has 22 heavy (non-hydrogen) atoms. The molecule has 1 saturated heterocycles. The number of aromatic amines is 1. The van der Waals surface area contributed by atoms with Gasteiger partial charge in [-0.2, -0.15) is 0 Å². The Bertz CT molecular complexity index is 825. The van der Waals surface area contributed by atoms with Crippen LogP contribution in [0.15, 0.2) is 35.7 Å². The van der Waals surface area contributed by atoms with Gasteiger partial charge in [-0.15, -0.1) is 11.3 Å². The first-order valence-corrected chi connectivity index (χ1v) is 8.10. The number of imidazole rings is 1. The molecule has 0 unspecified atom stereocenters. The Balaban J connectivity index is 1.76. The van der Waals surface area contributed by atoms with Crippen LogP contribution in [0.2, 0.25) is 0 Å². The van der Waals surface area contributed by atoms with Crippen LogP contribution in [0.3, 0.4) is 0 Å². The second-order valence-corrected chi connectivity index (χ2v) is 6.41. The second-order valence-electron chi connectivity index (χ2n) is 5.46. The van der Waals surface area contributed by atoms with Gasteiger partial charge in [0.2, 0.25) is 0 Å². The standard InChI is InChI=1S/C16H15N3O2S/c20-10-6-7-19(9-10)16(21)11-3-1-4-12-14(11)18-15(17-12)13-5-2-8-22-13/h1-5,8,10,20H,6-7,9H2,(H,17,18)/t10-/m0/s1. The molecule has 4 rings (SSSR count). The van der Waals surface area contributed by atoms with E-state index in [1.807, 2.05) is 29.6 Å². The normalized spacial score (nSPS) is 18.2. The first kappa shape index (κ1) is 13.5. The molecule has 1 aliphatic heterocycles. The maximum atomic E-state index is 12.7. The number of aromatic nitrogens is 2. The highest BCUT2D eigenvalue weighted by Crippen LogP contribution is 2.27. The lowest BCUT2D eigenvalue weighted by Crippen LogP contribution is -2.29. The van der Waals surface area contributed by atoms with E-state index < -0.39 is 6.10 Å². The van der Waals surface area contributed by atoms with Crippen LogP contribution in [0.5, 0.6) is 0 Å². The average Bonchev–Trinajstić information content (AvgIpc) is 3.25. The van der Waals surface area contributed by atoms with Crippen molar-refractivity contribution in [1.29, 1.82) is 0 Å². The van der Waals surface area contributed by atoms with Crippen LogP contribution in [0.1, 0.15) is 16.8 Å². The van der Waals surface area contributed by atoms with Gasteiger partial charge in [0.05, 0.1) is 22.1 Å². The average molecular weight is 313 g/mol. The Morgan fingerprint density at radius 1 is 1.36 bits per heavy atom. The molecule has 1 amide bonds. The fourth-order valence-electron chi connectivity index (χ4n) is 2.83. The summed E-state index contributed by atoms with van der Waals surface area (Å²) in [6.07, 6.45) is 0.229. The molecule has 1 fully saturated rings. The predicted molar refractivity (Wildman–Crippen MR) is 85.9 cm³/mol. The zero-order valence-corrected chi connectivity index (χ0v) is 12.6. The first-order valence-electron chi connectivity index (χ1n) is 7.22. The van der Waals surface area contributed by atoms with E-state index in [2.05, 4.69) is 9.97 Å². The molecular formula is C16H15N3O2S. The number of likely N-dealkylation sites (tertiary alicyclic amines) is 1. The quantitative estimate of drug-likeness (QED) is 0.764. The number of para-hydroxylation sites is 1. The minimum absolute atomic E-state index is 0.0635. The molecule has 1 aromatic carbocycles. The molecule has 0 spiro atoms. The molecule has 0 aliphatic carbocycles. The summed E-state index contributed by atoms with van der Waals surface area (Å²) in [4.78, 5) is 23.3. The fraction of sp³-hybridized carbons (Fsp3) is 0.250. The minimum Gasteiger partial charge on any atom is -0.391 e. The van der Waals surface area contributed by atoms with Crippen molar-refractivity contribution >= 4 is 28.3 Å². The molecule has 1 atom stereocenters. The number of fused-ring (bicyclic) bond motifs is 1. The molecule has 0 bridgehead atoms. The minimum atomic E-state index is -0.413. The van der Waals surface area contributed by atoms with Crippen molar-refractivity contribution in [1.82, 2.24) is 14.9 Å². The first-order chi connectivity index (χ1) is 10.7. The number of aliphatic hydroxyl groups excluding tert-OH is 1. The largest absolute Gasteiger partial charge is 0.391 e. The highest BCUT2D eigenvalue weighted by atomic mass is 32.1. The number of hydrogen-bond donors (Lipinski definition) is 2. The number of carbonyl (C=O) groups excluding carboxylic acids is 1. The number of nitrogens with zero attached hydrogens (tertiary/aromatic N) is 2. The number of H-pyrrole nitrogens is 1. The van der Waals surface area contributed by atoms with Gasteiger partial charge in [0.15, 0.2) is 0 Å². The van der Waals surface area contributed by atoms with Gasteiger partial charge in [0, 0.05) is 13.1 Å². The van der Waals surface area contributed by atoms with Gasteiger partial charge in [-0.05, 0) is 30.0 Å². The summed E-state index contributed by atoms with van der Waals surface area (Å²) in [7, 11) is 0. The molecule has 112 valence electrons. The number of nitrogens with one attached hydrogen (secondary N) is 1. The lowest BCUT2D eigenvalue weighted by Gasteiger charge is -2.15. The summed E-state index contributed by atoms with van der Waals surface area (Å²) >= 11 is 1.61. The third kappa shape index (κ3) is 2.20. The van der Waals surface area contributed by atoms with Crippen LogP contribution in [-0.2, 0) is 0 Å². The maximum absolute atomic E-state index is 12.7. The number of aliphatic hydroxyl groups is 1. The van der Waals surface area contributed by atoms with Crippen LogP contribution < -0.4 is 0 Å². The second kappa shape index (κ2) is 5.23. The monoisotopic (exact) mass is 313 g/mol. The molecule has 5 nitrogen and oxygen atoms in total. The molecule has 2 aromatic heterocycles. The number of rotatable bonds is 2. The Hall–Kier alpha value is -2.18. The maximum Gasteiger partial charge on any atom is 0.256 e. The van der Waals surface area contributed by atoms with E-state index in [0.717, 1.165) is 16.2 Å². The molecule has 2 N–H and O–H groups in total. The zero-order chi connectivity index (χ0) is 15.1. The third-order valence-electron chi connectivity index (χ3n) is 3.95. The van der Waals surface area contributed by atoms with Crippen molar-refractivity contribution in [3.63, 3.8) is 0 Å². The van der Waals surface area contributed by atoms with E-state index in [9.17, 15) is 9.90 Å². The van der Waals surface area contributed by atoms with E-state index >= 15 is 0 Å². The van der Waals surface area contributed by atoms with Crippen molar-refractivity contribution < 1.29 is 9.90 Å². The Morgan fingerprint density at radius 3 is 3.00 bits per heavy atom. The topological polar surface area (TPSA) is 69.2 Å². The summed E-state index contributed by atoms with van der Waals surface area (Å²) in [5.74, 6) is 0.720. The number of thiophene rings is 1. The van der Waals surface area contributed by atoms with Gasteiger partial charge in [0.25, 0.3) is 5.91 Å². The van der Waals surface area contributed by atoms with E-state index in [1.54, 1.807) is 22.3 Å². The van der Waals surface area contributed by atoms with E-state index in [4.69, 9.17) is 0 Å². The molecule has 0 saturated carbocycles. The van der Waals surface area contributed by atoms with Crippen LogP contribution in [0.25, 0.3) is 21.7 Å². The molecule has 3 heterocycles. The number of β-amino-alcohol motifs (C(OH)–C–C–N with tert-alkyl or cyclic N) is 1. The molecule has 0 radical (unpaired) electrons. The van der Waals surface area contributed by atoms with Crippen molar-refractivity contribution in [2.45, 2.75) is 12.5 Å². The van der Waals surface area contributed by atoms with Crippen molar-refractivity contribution in [3.05, 3.63) is 41.3 Å². The molecule has 3 aromatic rings. The van der Waals surface area contributed by atoms with Crippen LogP contribution >= 0.6 is 11.3 Å². The molecule has 6 heteroatoms. The van der Waals surface area contributed by atoms with Crippen LogP contribution in [0.4, 0.5) is 0 Å². The SMILES string of the molecule is O=C(c1cccc2[nH]c(-c3cccs3)nc12)N1CC[C@H](O)C1. The summed E-state index contributed by atoms with van der Waals surface area (Å²) < 4.78 is 0. The van der Waals surface area contributed by atoms with Gasteiger partial charge in [0.1, 0.15) is 11.3 Å². The van der Waals surface area contributed by atoms with Gasteiger partial charge >= 0.3 is 0 Å². The van der Waals surface area contributed by atoms with Crippen LogP contribution in [-0.4, -0.2) is 45.1 Å². The lowest BCUT2D eigenvalue weighted by atomic mass is 10.1. The highest BCUT2D eigenvalue weighted by molar-refractivity contribution is 7.13. The number of hydrogen-bond acceptors (Lipinski definition) is 4. The Kier molecular flexibility index (Phi) is 3.20. The third-order valence-corrected chi connectivity index (χ3v) is 4.82. The molecule has 1 aliphatic rings. The summed E-state index contributed by atoms with van der Waals surface area (Å²) in [6, 6.07) is 9.56. The number of benzene rings is 1. The molecular weight excluding hydrogens is 298 g/mol. The predicted octanol–water partition coefficient (Wildman–Crippen LogP) is 2.50. The smallest absolute Gasteiger partial charge is 0.256 e. The van der Waals surface area contributed by atoms with Gasteiger partial charge in [-0.1, -0.05) is 12.1 Å². The van der Waals surface area contributed by atoms with Gasteiger partial charge in [-0.25, -0.2) is 4.98 Å². The number of amides is 1. The Labute approximate surface area is 131 Å². The summed E-state index contributed by atoms with van der Waals surface area (Å²) in [5, 5.41) is 11.6. The summed E-state index contributed by atoms with van der Waals surface area (Å²) in [5.41, 5.74) is 2.14. The van der Waals surface area contributed by atoms with Gasteiger partial charge in [-0.3, -0.25) is 4.79 Å². The van der Waals surface area contributed by atoms with E-state index in [0.29, 0.717) is 30.6 Å². The number of carbonyl (C=O) groups is 1. The van der Waals surface area contributed by atoms with Gasteiger partial charge < -0.3 is 15.0 Å². The fourth-order valence-corrected chi connectivity index (χ4v) is 3.50. The Morgan fingerprint density at radius 2 is 2.27 bits per heavy atom.